The van der Waals surface area contributed by atoms with Crippen molar-refractivity contribution in [3.63, 3.8) is 0 Å². The lowest BCUT2D eigenvalue weighted by Crippen LogP contribution is -2.17. The Bertz CT molecular complexity index is 978. The van der Waals surface area contributed by atoms with Gasteiger partial charge in [-0.25, -0.2) is 18.7 Å². The molecule has 1 aromatic carbocycles. The maximum Gasteiger partial charge on any atom is 0.331 e. The molecule has 170 valence electrons. The predicted molar refractivity (Wildman–Crippen MR) is 124 cm³/mol. The summed E-state index contributed by atoms with van der Waals surface area (Å²) >= 11 is 0. The minimum atomic E-state index is -2.82. The van der Waals surface area contributed by atoms with E-state index in [1.54, 1.807) is 0 Å². The van der Waals surface area contributed by atoms with E-state index in [2.05, 4.69) is 34.1 Å². The SMILES string of the molecule is O=P(/N=C(\c1ccc(/C(=N\P(=O)(N2CC2)N2CC2)N2CC2)cc1)N1CC1)(N1CC1)N1CC1. The van der Waals surface area contributed by atoms with Gasteiger partial charge in [-0.1, -0.05) is 24.3 Å². The van der Waals surface area contributed by atoms with Crippen LogP contribution in [0.1, 0.15) is 11.1 Å². The van der Waals surface area contributed by atoms with E-state index in [0.29, 0.717) is 0 Å². The highest BCUT2D eigenvalue weighted by Gasteiger charge is 2.50. The summed E-state index contributed by atoms with van der Waals surface area (Å²) in [5.41, 5.74) is 1.97. The molecule has 0 unspecified atom stereocenters. The summed E-state index contributed by atoms with van der Waals surface area (Å²) in [5, 5.41) is 0. The zero-order chi connectivity index (χ0) is 21.5. The fraction of sp³-hybridized carbons (Fsp3) is 0.600. The molecule has 0 radical (unpaired) electrons. The lowest BCUT2D eigenvalue weighted by Gasteiger charge is -2.19. The molecule has 0 atom stereocenters. The van der Waals surface area contributed by atoms with Gasteiger partial charge >= 0.3 is 15.2 Å². The van der Waals surface area contributed by atoms with Gasteiger partial charge in [-0.2, -0.15) is 9.53 Å². The second-order valence-electron chi connectivity index (χ2n) is 9.24. The normalized spacial score (nSPS) is 26.5. The molecule has 10 nitrogen and oxygen atoms in total. The molecule has 0 spiro atoms. The van der Waals surface area contributed by atoms with E-state index in [1.165, 1.54) is 0 Å². The molecule has 1 aromatic rings. The van der Waals surface area contributed by atoms with Crippen molar-refractivity contribution in [3.05, 3.63) is 35.4 Å². The van der Waals surface area contributed by atoms with Crippen LogP contribution >= 0.6 is 15.2 Å². The zero-order valence-electron chi connectivity index (χ0n) is 18.1. The first-order chi connectivity index (χ1) is 15.5. The third-order valence-electron chi connectivity index (χ3n) is 6.51. The molecular formula is C20H28N8O2P2. The number of benzene rings is 1. The van der Waals surface area contributed by atoms with Gasteiger partial charge in [0.2, 0.25) is 0 Å². The molecule has 6 heterocycles. The Labute approximate surface area is 188 Å². The van der Waals surface area contributed by atoms with Gasteiger partial charge < -0.3 is 9.80 Å². The molecule has 0 aromatic heterocycles. The molecule has 0 bridgehead atoms. The van der Waals surface area contributed by atoms with E-state index in [-0.39, 0.29) is 0 Å². The fourth-order valence-corrected chi connectivity index (χ4v) is 8.62. The highest BCUT2D eigenvalue weighted by Crippen LogP contribution is 2.62. The largest absolute Gasteiger partial charge is 0.352 e. The average molecular weight is 474 g/mol. The predicted octanol–water partition coefficient (Wildman–Crippen LogP) is 1.29. The van der Waals surface area contributed by atoms with Gasteiger partial charge in [-0.15, -0.1) is 0 Å². The molecule has 0 amide bonds. The molecule has 6 saturated heterocycles. The maximum absolute atomic E-state index is 13.6. The molecule has 0 N–H and O–H groups in total. The van der Waals surface area contributed by atoms with Crippen LogP contribution in [0.4, 0.5) is 0 Å². The van der Waals surface area contributed by atoms with Crippen LogP contribution in [0.3, 0.4) is 0 Å². The highest BCUT2D eigenvalue weighted by molar-refractivity contribution is 7.58. The van der Waals surface area contributed by atoms with Crippen LogP contribution in [-0.4, -0.2) is 119 Å². The fourth-order valence-electron chi connectivity index (χ4n) is 3.98. The second kappa shape index (κ2) is 6.98. The van der Waals surface area contributed by atoms with E-state index in [1.807, 2.05) is 18.7 Å². The molecule has 6 aliphatic heterocycles. The number of rotatable bonds is 8. The molecule has 6 fully saturated rings. The molecule has 0 saturated carbocycles. The van der Waals surface area contributed by atoms with Crippen molar-refractivity contribution in [2.24, 2.45) is 9.53 Å². The van der Waals surface area contributed by atoms with Crippen LogP contribution in [0.25, 0.3) is 0 Å². The Morgan fingerprint density at radius 2 is 0.812 bits per heavy atom. The topological polar surface area (TPSA) is 76.9 Å². The van der Waals surface area contributed by atoms with Crippen LogP contribution in [0.15, 0.2) is 33.8 Å². The lowest BCUT2D eigenvalue weighted by molar-refractivity contribution is 0.518. The first-order valence-electron chi connectivity index (χ1n) is 11.6. The lowest BCUT2D eigenvalue weighted by atomic mass is 10.1. The Hall–Kier alpha value is -1.54. The minimum absolute atomic E-state index is 0.836. The number of nitrogens with zero attached hydrogens (tertiary/aromatic N) is 8. The third kappa shape index (κ3) is 3.67. The summed E-state index contributed by atoms with van der Waals surface area (Å²) in [6, 6.07) is 8.22. The van der Waals surface area contributed by atoms with Gasteiger partial charge in [0.1, 0.15) is 11.7 Å². The second-order valence-corrected chi connectivity index (χ2v) is 14.0. The van der Waals surface area contributed by atoms with E-state index in [4.69, 9.17) is 9.53 Å². The van der Waals surface area contributed by atoms with E-state index in [9.17, 15) is 9.13 Å². The monoisotopic (exact) mass is 474 g/mol. The summed E-state index contributed by atoms with van der Waals surface area (Å²) in [4.78, 5) is 4.37. The van der Waals surface area contributed by atoms with Crippen molar-refractivity contribution in [2.75, 3.05) is 78.5 Å². The van der Waals surface area contributed by atoms with Crippen molar-refractivity contribution < 1.29 is 9.13 Å². The van der Waals surface area contributed by atoms with Gasteiger partial charge in [0.15, 0.2) is 0 Å². The molecular weight excluding hydrogens is 446 g/mol. The Morgan fingerprint density at radius 1 is 0.531 bits per heavy atom. The van der Waals surface area contributed by atoms with Crippen LogP contribution in [0, 0.1) is 0 Å². The first kappa shape index (κ1) is 19.9. The summed E-state index contributed by atoms with van der Waals surface area (Å²) in [7, 11) is -5.63. The zero-order valence-corrected chi connectivity index (χ0v) is 19.9. The average Bonchev–Trinajstić information content (AvgIpc) is 3.64. The first-order valence-corrected chi connectivity index (χ1v) is 14.7. The van der Waals surface area contributed by atoms with Gasteiger partial charge in [0.25, 0.3) is 0 Å². The van der Waals surface area contributed by atoms with Crippen molar-refractivity contribution >= 4 is 26.9 Å². The van der Waals surface area contributed by atoms with Crippen molar-refractivity contribution in [3.8, 4) is 0 Å². The highest BCUT2D eigenvalue weighted by atomic mass is 31.2. The number of hydrogen-bond acceptors (Lipinski definition) is 2. The van der Waals surface area contributed by atoms with Crippen molar-refractivity contribution in [2.45, 2.75) is 0 Å². The summed E-state index contributed by atoms with van der Waals surface area (Å²) < 4.78 is 44.9. The van der Waals surface area contributed by atoms with E-state index < -0.39 is 15.2 Å². The van der Waals surface area contributed by atoms with E-state index >= 15 is 0 Å². The molecule has 7 rings (SSSR count). The smallest absolute Gasteiger partial charge is 0.331 e. The summed E-state index contributed by atoms with van der Waals surface area (Å²) in [6.07, 6.45) is 0. The van der Waals surface area contributed by atoms with Gasteiger partial charge in [0.05, 0.1) is 0 Å². The molecule has 12 heteroatoms. The maximum atomic E-state index is 13.6. The van der Waals surface area contributed by atoms with Gasteiger partial charge in [0, 0.05) is 89.7 Å². The molecule has 32 heavy (non-hydrogen) atoms. The van der Waals surface area contributed by atoms with E-state index in [0.717, 1.165) is 101 Å². The van der Waals surface area contributed by atoms with Gasteiger partial charge in [-0.3, -0.25) is 9.13 Å². The number of hydrogen-bond donors (Lipinski definition) is 0. The van der Waals surface area contributed by atoms with Crippen LogP contribution in [-0.2, 0) is 9.13 Å². The van der Waals surface area contributed by atoms with Crippen LogP contribution in [0.2, 0.25) is 0 Å². The molecule has 0 aliphatic carbocycles. The quantitative estimate of drug-likeness (QED) is 0.242. The summed E-state index contributed by atoms with van der Waals surface area (Å²) in [5.74, 6) is 1.67. The Morgan fingerprint density at radius 3 is 1.03 bits per heavy atom. The summed E-state index contributed by atoms with van der Waals surface area (Å²) in [6.45, 7) is 10.8. The number of amidine groups is 2. The Balaban J connectivity index is 1.21. The van der Waals surface area contributed by atoms with Crippen molar-refractivity contribution in [1.82, 2.24) is 28.5 Å². The molecule has 6 aliphatic rings. The Kier molecular flexibility index (Phi) is 4.34. The third-order valence-corrected chi connectivity index (χ3v) is 12.0. The van der Waals surface area contributed by atoms with Crippen LogP contribution in [0.5, 0.6) is 0 Å². The standard InChI is InChI=1S/C20H28N8O2P2/c29-31(25-9-10-25,26-11-12-26)21-19(23-5-6-23)17-1-2-18(4-3-17)20(24-7-8-24)22-32(30,27-13-14-27)28-15-16-28/h1-4H,5-16H2/b21-19+,22-20+. The van der Waals surface area contributed by atoms with Gasteiger partial charge in [-0.05, 0) is 0 Å². The minimum Gasteiger partial charge on any atom is -0.352 e. The van der Waals surface area contributed by atoms with Crippen LogP contribution < -0.4 is 0 Å². The van der Waals surface area contributed by atoms with Crippen molar-refractivity contribution in [1.29, 1.82) is 0 Å².